The first kappa shape index (κ1) is 23.3. The van der Waals surface area contributed by atoms with Crippen LogP contribution >= 0.6 is 0 Å². The second kappa shape index (κ2) is 9.44. The van der Waals surface area contributed by atoms with Crippen LogP contribution in [-0.4, -0.2) is 38.2 Å². The van der Waals surface area contributed by atoms with Crippen molar-refractivity contribution in [3.05, 3.63) is 65.5 Å². The van der Waals surface area contributed by atoms with E-state index < -0.39 is 22.5 Å². The molecule has 2 N–H and O–H groups in total. The van der Waals surface area contributed by atoms with Crippen LogP contribution in [0, 0.1) is 13.8 Å². The highest BCUT2D eigenvalue weighted by atomic mass is 32.2. The summed E-state index contributed by atoms with van der Waals surface area (Å²) in [6.07, 6.45) is 0. The van der Waals surface area contributed by atoms with E-state index in [0.29, 0.717) is 34.4 Å². The maximum absolute atomic E-state index is 13.6. The van der Waals surface area contributed by atoms with Crippen LogP contribution in [0.5, 0.6) is 5.75 Å². The van der Waals surface area contributed by atoms with E-state index in [1.807, 2.05) is 24.3 Å². The summed E-state index contributed by atoms with van der Waals surface area (Å²) in [6, 6.07) is 14.0. The van der Waals surface area contributed by atoms with Gasteiger partial charge in [0.1, 0.15) is 17.2 Å². The predicted octanol–water partition coefficient (Wildman–Crippen LogP) is 3.99. The maximum atomic E-state index is 13.6. The van der Waals surface area contributed by atoms with Crippen molar-refractivity contribution in [2.75, 3.05) is 23.3 Å². The van der Waals surface area contributed by atoms with Crippen molar-refractivity contribution >= 4 is 27.3 Å². The highest BCUT2D eigenvalue weighted by Gasteiger charge is 2.31. The average Bonchev–Trinajstić information content (AvgIpc) is 3.11. The number of ether oxygens (including phenoxy) is 1. The van der Waals surface area contributed by atoms with Crippen LogP contribution in [0.4, 0.5) is 11.4 Å². The van der Waals surface area contributed by atoms with Gasteiger partial charge in [-0.25, -0.2) is 8.42 Å². The molecule has 1 aromatic heterocycles. The van der Waals surface area contributed by atoms with Crippen molar-refractivity contribution in [1.29, 1.82) is 0 Å². The van der Waals surface area contributed by atoms with Crippen LogP contribution < -0.4 is 14.4 Å². The number of anilines is 2. The van der Waals surface area contributed by atoms with E-state index in [4.69, 9.17) is 4.74 Å². The summed E-state index contributed by atoms with van der Waals surface area (Å²) in [5, 5.41) is 9.49. The number of sulfonamides is 1. The highest BCUT2D eigenvalue weighted by Crippen LogP contribution is 2.28. The topological polar surface area (TPSA) is 104 Å². The SMILES string of the molecule is COc1ccc(N(CC(=O)Nc2ccc(C(C)C)cc2)S(=O)(=O)c2c(C)n[nH]c2C)cc1. The molecular weight excluding hydrogens is 428 g/mol. The molecule has 0 aliphatic carbocycles. The van der Waals surface area contributed by atoms with Gasteiger partial charge in [-0.3, -0.25) is 14.2 Å². The predicted molar refractivity (Wildman–Crippen MR) is 125 cm³/mol. The van der Waals surface area contributed by atoms with Gasteiger partial charge in [-0.2, -0.15) is 5.10 Å². The third kappa shape index (κ3) is 4.94. The zero-order chi connectivity index (χ0) is 23.5. The molecule has 0 saturated carbocycles. The molecule has 0 aliphatic heterocycles. The van der Waals surface area contributed by atoms with Crippen molar-refractivity contribution in [2.24, 2.45) is 0 Å². The molecular formula is C23H28N4O4S. The first-order chi connectivity index (χ1) is 15.1. The van der Waals surface area contributed by atoms with E-state index in [2.05, 4.69) is 29.4 Å². The van der Waals surface area contributed by atoms with Crippen LogP contribution in [0.25, 0.3) is 0 Å². The summed E-state index contributed by atoms with van der Waals surface area (Å²) in [4.78, 5) is 12.9. The summed E-state index contributed by atoms with van der Waals surface area (Å²) in [5.41, 5.74) is 2.84. The van der Waals surface area contributed by atoms with Crippen molar-refractivity contribution in [2.45, 2.75) is 38.5 Å². The molecule has 170 valence electrons. The molecule has 0 spiro atoms. The lowest BCUT2D eigenvalue weighted by molar-refractivity contribution is -0.114. The minimum absolute atomic E-state index is 0.0578. The molecule has 9 heteroatoms. The molecule has 1 amide bonds. The van der Waals surface area contributed by atoms with Crippen LogP contribution in [0.15, 0.2) is 53.4 Å². The van der Waals surface area contributed by atoms with Crippen LogP contribution in [0.2, 0.25) is 0 Å². The number of benzene rings is 2. The number of carbonyl (C=O) groups excluding carboxylic acids is 1. The van der Waals surface area contributed by atoms with Crippen molar-refractivity contribution < 1.29 is 17.9 Å². The van der Waals surface area contributed by atoms with E-state index in [9.17, 15) is 13.2 Å². The number of hydrogen-bond donors (Lipinski definition) is 2. The molecule has 0 aliphatic rings. The van der Waals surface area contributed by atoms with Crippen molar-refractivity contribution in [3.63, 3.8) is 0 Å². The largest absolute Gasteiger partial charge is 0.497 e. The fourth-order valence-corrected chi connectivity index (χ4v) is 5.14. The summed E-state index contributed by atoms with van der Waals surface area (Å²) >= 11 is 0. The summed E-state index contributed by atoms with van der Waals surface area (Å²) in [5.74, 6) is 0.494. The summed E-state index contributed by atoms with van der Waals surface area (Å²) < 4.78 is 33.4. The molecule has 0 radical (unpaired) electrons. The normalized spacial score (nSPS) is 11.4. The van der Waals surface area contributed by atoms with Gasteiger partial charge in [0, 0.05) is 5.69 Å². The van der Waals surface area contributed by atoms with Crippen LogP contribution in [-0.2, 0) is 14.8 Å². The number of amides is 1. The first-order valence-electron chi connectivity index (χ1n) is 10.2. The Balaban J connectivity index is 1.92. The van der Waals surface area contributed by atoms with Gasteiger partial charge in [0.2, 0.25) is 5.91 Å². The molecule has 3 aromatic rings. The number of H-pyrrole nitrogens is 1. The lowest BCUT2D eigenvalue weighted by Crippen LogP contribution is -2.38. The van der Waals surface area contributed by atoms with Gasteiger partial charge in [-0.1, -0.05) is 26.0 Å². The molecule has 1 heterocycles. The smallest absolute Gasteiger partial charge is 0.268 e. The van der Waals surface area contributed by atoms with Gasteiger partial charge >= 0.3 is 0 Å². The van der Waals surface area contributed by atoms with Crippen LogP contribution in [0.1, 0.15) is 36.7 Å². The Kier molecular flexibility index (Phi) is 6.88. The number of nitrogens with one attached hydrogen (secondary N) is 2. The maximum Gasteiger partial charge on any atom is 0.268 e. The lowest BCUT2D eigenvalue weighted by Gasteiger charge is -2.24. The monoisotopic (exact) mass is 456 g/mol. The second-order valence-electron chi connectivity index (χ2n) is 7.80. The first-order valence-corrected chi connectivity index (χ1v) is 11.7. The van der Waals surface area contributed by atoms with Crippen LogP contribution in [0.3, 0.4) is 0 Å². The van der Waals surface area contributed by atoms with Gasteiger partial charge in [0.25, 0.3) is 10.0 Å². The zero-order valence-electron chi connectivity index (χ0n) is 18.8. The Morgan fingerprint density at radius 2 is 1.72 bits per heavy atom. The molecule has 0 bridgehead atoms. The van der Waals surface area contributed by atoms with Gasteiger partial charge in [-0.05, 0) is 61.7 Å². The van der Waals surface area contributed by atoms with E-state index in [1.54, 1.807) is 38.1 Å². The molecule has 0 saturated heterocycles. The standard InChI is InChI=1S/C23H28N4O4S/c1-15(2)18-6-8-19(9-7-18)24-22(28)14-27(20-10-12-21(31-5)13-11-20)32(29,30)23-16(3)25-26-17(23)4/h6-13,15H,14H2,1-5H3,(H,24,28)(H,25,26). The third-order valence-electron chi connectivity index (χ3n) is 5.12. The Bertz CT molecular complexity index is 1160. The Labute approximate surface area is 188 Å². The molecule has 2 aromatic carbocycles. The van der Waals surface area contributed by atoms with Gasteiger partial charge in [-0.15, -0.1) is 0 Å². The quantitative estimate of drug-likeness (QED) is 0.533. The highest BCUT2D eigenvalue weighted by molar-refractivity contribution is 7.93. The molecule has 8 nitrogen and oxygen atoms in total. The minimum atomic E-state index is -4.06. The Hall–Kier alpha value is -3.33. The fourth-order valence-electron chi connectivity index (χ4n) is 3.38. The van der Waals surface area contributed by atoms with Gasteiger partial charge in [0.15, 0.2) is 0 Å². The minimum Gasteiger partial charge on any atom is -0.497 e. The average molecular weight is 457 g/mol. The molecule has 32 heavy (non-hydrogen) atoms. The van der Waals surface area contributed by atoms with E-state index >= 15 is 0 Å². The van der Waals surface area contributed by atoms with Gasteiger partial charge in [0.05, 0.1) is 24.2 Å². The van der Waals surface area contributed by atoms with E-state index in [-0.39, 0.29) is 4.90 Å². The second-order valence-corrected chi connectivity index (χ2v) is 9.60. The van der Waals surface area contributed by atoms with E-state index in [1.165, 1.54) is 7.11 Å². The lowest BCUT2D eigenvalue weighted by atomic mass is 10.0. The third-order valence-corrected chi connectivity index (χ3v) is 7.16. The fraction of sp³-hybridized carbons (Fsp3) is 0.304. The number of aromatic nitrogens is 2. The molecule has 3 rings (SSSR count). The Morgan fingerprint density at radius 1 is 1.09 bits per heavy atom. The number of aromatic amines is 1. The van der Waals surface area contributed by atoms with E-state index in [0.717, 1.165) is 9.87 Å². The number of hydrogen-bond acceptors (Lipinski definition) is 5. The van der Waals surface area contributed by atoms with Crippen molar-refractivity contribution in [1.82, 2.24) is 10.2 Å². The van der Waals surface area contributed by atoms with Crippen molar-refractivity contribution in [3.8, 4) is 5.75 Å². The number of aryl methyl sites for hydroxylation is 2. The Morgan fingerprint density at radius 3 is 2.22 bits per heavy atom. The summed E-state index contributed by atoms with van der Waals surface area (Å²) in [6.45, 7) is 7.02. The number of carbonyl (C=O) groups is 1. The molecule has 0 fully saturated rings. The number of rotatable bonds is 8. The molecule has 0 unspecified atom stereocenters. The number of nitrogens with zero attached hydrogens (tertiary/aromatic N) is 2. The summed E-state index contributed by atoms with van der Waals surface area (Å²) in [7, 11) is -2.53. The van der Waals surface area contributed by atoms with Gasteiger partial charge < -0.3 is 10.1 Å². The molecule has 0 atom stereocenters. The zero-order valence-corrected chi connectivity index (χ0v) is 19.7. The number of methoxy groups -OCH3 is 1.